The molecule has 0 spiro atoms. The predicted octanol–water partition coefficient (Wildman–Crippen LogP) is 1.34. The lowest BCUT2D eigenvalue weighted by Gasteiger charge is -2.10. The van der Waals surface area contributed by atoms with Crippen LogP contribution >= 0.6 is 0 Å². The number of carbonyl (C=O) groups is 1. The molecule has 4 N–H and O–H groups in total. The summed E-state index contributed by atoms with van der Waals surface area (Å²) in [5.74, 6) is 0.571. The number of carbonyl (C=O) groups excluding carboxylic acids is 1. The minimum Gasteiger partial charge on any atom is -0.397 e. The van der Waals surface area contributed by atoms with Crippen LogP contribution in [0.25, 0.3) is 0 Å². The van der Waals surface area contributed by atoms with Crippen molar-refractivity contribution in [3.63, 3.8) is 0 Å². The summed E-state index contributed by atoms with van der Waals surface area (Å²) in [6, 6.07) is 7.00. The van der Waals surface area contributed by atoms with E-state index in [-0.39, 0.29) is 5.91 Å². The van der Waals surface area contributed by atoms with Crippen LogP contribution in [0.3, 0.4) is 0 Å². The van der Waals surface area contributed by atoms with Crippen molar-refractivity contribution in [1.29, 1.82) is 0 Å². The number of amides is 1. The Hall–Kier alpha value is -2.63. The van der Waals surface area contributed by atoms with Crippen molar-refractivity contribution in [2.24, 2.45) is 0 Å². The highest BCUT2D eigenvalue weighted by Gasteiger charge is 2.06. The molecular formula is C14H17N5O. The molecule has 2 rings (SSSR count). The van der Waals surface area contributed by atoms with Gasteiger partial charge in [0.15, 0.2) is 0 Å². The molecule has 0 radical (unpaired) electrons. The molecule has 20 heavy (non-hydrogen) atoms. The molecule has 0 aliphatic rings. The summed E-state index contributed by atoms with van der Waals surface area (Å²) >= 11 is 0. The number of nitrogens with one attached hydrogen (secondary N) is 2. The summed E-state index contributed by atoms with van der Waals surface area (Å²) in [7, 11) is 1.59. The van der Waals surface area contributed by atoms with Gasteiger partial charge < -0.3 is 16.4 Å². The first-order valence-corrected chi connectivity index (χ1v) is 6.24. The molecule has 0 saturated heterocycles. The van der Waals surface area contributed by atoms with Crippen LogP contribution in [-0.2, 0) is 6.54 Å². The Labute approximate surface area is 117 Å². The Morgan fingerprint density at radius 3 is 2.80 bits per heavy atom. The SMILES string of the molecule is CNC(=O)c1ccc(NCc2ccnc(C)n2)c(N)c1. The maximum absolute atomic E-state index is 11.5. The molecule has 1 heterocycles. The van der Waals surface area contributed by atoms with Crippen molar-refractivity contribution in [2.45, 2.75) is 13.5 Å². The van der Waals surface area contributed by atoms with Crippen LogP contribution in [0, 0.1) is 6.92 Å². The number of hydrogen-bond donors (Lipinski definition) is 3. The van der Waals surface area contributed by atoms with E-state index in [4.69, 9.17) is 5.73 Å². The average Bonchev–Trinajstić information content (AvgIpc) is 2.45. The number of nitrogens with two attached hydrogens (primary N) is 1. The summed E-state index contributed by atoms with van der Waals surface area (Å²) in [4.78, 5) is 19.8. The first kappa shape index (κ1) is 13.8. The Morgan fingerprint density at radius 1 is 1.35 bits per heavy atom. The van der Waals surface area contributed by atoms with Crippen molar-refractivity contribution in [2.75, 3.05) is 18.1 Å². The second-order valence-electron chi connectivity index (χ2n) is 4.33. The monoisotopic (exact) mass is 271 g/mol. The summed E-state index contributed by atoms with van der Waals surface area (Å²) in [5, 5.41) is 5.75. The fourth-order valence-electron chi connectivity index (χ4n) is 1.80. The molecule has 0 atom stereocenters. The topological polar surface area (TPSA) is 92.9 Å². The number of hydrogen-bond acceptors (Lipinski definition) is 5. The van der Waals surface area contributed by atoms with E-state index in [0.717, 1.165) is 17.2 Å². The summed E-state index contributed by atoms with van der Waals surface area (Å²) in [6.07, 6.45) is 1.72. The summed E-state index contributed by atoms with van der Waals surface area (Å²) in [6.45, 7) is 2.39. The van der Waals surface area contributed by atoms with E-state index < -0.39 is 0 Å². The first-order valence-electron chi connectivity index (χ1n) is 6.24. The van der Waals surface area contributed by atoms with E-state index in [9.17, 15) is 4.79 Å². The summed E-state index contributed by atoms with van der Waals surface area (Å²) < 4.78 is 0. The molecule has 2 aromatic rings. The molecule has 0 fully saturated rings. The van der Waals surface area contributed by atoms with Gasteiger partial charge >= 0.3 is 0 Å². The lowest BCUT2D eigenvalue weighted by Crippen LogP contribution is -2.18. The lowest BCUT2D eigenvalue weighted by atomic mass is 10.1. The van der Waals surface area contributed by atoms with E-state index >= 15 is 0 Å². The van der Waals surface area contributed by atoms with E-state index in [0.29, 0.717) is 17.8 Å². The van der Waals surface area contributed by atoms with Gasteiger partial charge in [-0.3, -0.25) is 4.79 Å². The van der Waals surface area contributed by atoms with E-state index in [1.165, 1.54) is 0 Å². The molecule has 0 aliphatic heterocycles. The van der Waals surface area contributed by atoms with Gasteiger partial charge in [0.1, 0.15) is 5.82 Å². The van der Waals surface area contributed by atoms with Crippen LogP contribution in [0.4, 0.5) is 11.4 Å². The first-order chi connectivity index (χ1) is 9.60. The summed E-state index contributed by atoms with van der Waals surface area (Å²) in [5.41, 5.74) is 8.65. The third-order valence-electron chi connectivity index (χ3n) is 2.83. The van der Waals surface area contributed by atoms with Crippen molar-refractivity contribution in [3.05, 3.63) is 47.5 Å². The Bertz CT molecular complexity index is 627. The van der Waals surface area contributed by atoms with Crippen LogP contribution in [0.1, 0.15) is 21.9 Å². The Balaban J connectivity index is 2.08. The molecule has 6 heteroatoms. The highest BCUT2D eigenvalue weighted by molar-refractivity contribution is 5.95. The van der Waals surface area contributed by atoms with Crippen LogP contribution in [-0.4, -0.2) is 22.9 Å². The third-order valence-corrected chi connectivity index (χ3v) is 2.83. The fraction of sp³-hybridized carbons (Fsp3) is 0.214. The molecule has 0 aliphatic carbocycles. The van der Waals surface area contributed by atoms with Gasteiger partial charge in [-0.1, -0.05) is 0 Å². The highest BCUT2D eigenvalue weighted by Crippen LogP contribution is 2.20. The molecule has 1 aromatic heterocycles. The lowest BCUT2D eigenvalue weighted by molar-refractivity contribution is 0.0963. The van der Waals surface area contributed by atoms with Gasteiger partial charge in [-0.15, -0.1) is 0 Å². The number of rotatable bonds is 4. The molecular weight excluding hydrogens is 254 g/mol. The third kappa shape index (κ3) is 3.23. The van der Waals surface area contributed by atoms with Gasteiger partial charge in [0, 0.05) is 18.8 Å². The van der Waals surface area contributed by atoms with Gasteiger partial charge in [0.2, 0.25) is 0 Å². The molecule has 0 bridgehead atoms. The zero-order chi connectivity index (χ0) is 14.5. The largest absolute Gasteiger partial charge is 0.397 e. The standard InChI is InChI=1S/C14H17N5O/c1-9-17-6-5-11(19-9)8-18-13-4-3-10(7-12(13)15)14(20)16-2/h3-7,18H,8,15H2,1-2H3,(H,16,20). The van der Waals surface area contributed by atoms with Crippen LogP contribution in [0.5, 0.6) is 0 Å². The maximum Gasteiger partial charge on any atom is 0.251 e. The molecule has 104 valence electrons. The second-order valence-corrected chi connectivity index (χ2v) is 4.33. The van der Waals surface area contributed by atoms with E-state index in [1.54, 1.807) is 31.4 Å². The highest BCUT2D eigenvalue weighted by atomic mass is 16.1. The molecule has 1 amide bonds. The van der Waals surface area contributed by atoms with Gasteiger partial charge in [0.25, 0.3) is 5.91 Å². The second kappa shape index (κ2) is 6.01. The predicted molar refractivity (Wildman–Crippen MR) is 78.3 cm³/mol. The van der Waals surface area contributed by atoms with Gasteiger partial charge in [0.05, 0.1) is 23.6 Å². The Morgan fingerprint density at radius 2 is 2.15 bits per heavy atom. The Kier molecular flexibility index (Phi) is 4.14. The van der Waals surface area contributed by atoms with Crippen molar-refractivity contribution in [3.8, 4) is 0 Å². The van der Waals surface area contributed by atoms with Crippen LogP contribution in [0.2, 0.25) is 0 Å². The number of nitrogen functional groups attached to an aromatic ring is 1. The maximum atomic E-state index is 11.5. The molecule has 0 unspecified atom stereocenters. The van der Waals surface area contributed by atoms with E-state index in [2.05, 4.69) is 20.6 Å². The minimum absolute atomic E-state index is 0.158. The molecule has 0 saturated carbocycles. The normalized spacial score (nSPS) is 10.1. The zero-order valence-corrected chi connectivity index (χ0v) is 11.5. The van der Waals surface area contributed by atoms with Crippen LogP contribution in [0.15, 0.2) is 30.5 Å². The quantitative estimate of drug-likeness (QED) is 0.730. The smallest absolute Gasteiger partial charge is 0.251 e. The molecule has 6 nitrogen and oxygen atoms in total. The number of benzene rings is 1. The van der Waals surface area contributed by atoms with Crippen molar-refractivity contribution in [1.82, 2.24) is 15.3 Å². The number of anilines is 2. The fourth-order valence-corrected chi connectivity index (χ4v) is 1.80. The van der Waals surface area contributed by atoms with Gasteiger partial charge in [-0.2, -0.15) is 0 Å². The molecule has 1 aromatic carbocycles. The zero-order valence-electron chi connectivity index (χ0n) is 11.5. The average molecular weight is 271 g/mol. The number of aromatic nitrogens is 2. The number of nitrogens with zero attached hydrogens (tertiary/aromatic N) is 2. The van der Waals surface area contributed by atoms with Crippen LogP contribution < -0.4 is 16.4 Å². The van der Waals surface area contributed by atoms with Gasteiger partial charge in [-0.25, -0.2) is 9.97 Å². The van der Waals surface area contributed by atoms with Gasteiger partial charge in [-0.05, 0) is 31.2 Å². The minimum atomic E-state index is -0.158. The van der Waals surface area contributed by atoms with E-state index in [1.807, 2.05) is 13.0 Å². The number of aryl methyl sites for hydroxylation is 1. The van der Waals surface area contributed by atoms with Crippen molar-refractivity contribution < 1.29 is 4.79 Å². The van der Waals surface area contributed by atoms with Crippen molar-refractivity contribution >= 4 is 17.3 Å².